The van der Waals surface area contributed by atoms with Crippen LogP contribution in [0, 0.1) is 0 Å². The predicted octanol–water partition coefficient (Wildman–Crippen LogP) is 3.11. The van der Waals surface area contributed by atoms with Gasteiger partial charge in [0.25, 0.3) is 5.91 Å². The number of carbonyl (C=O) groups is 3. The Morgan fingerprint density at radius 2 is 1.50 bits per heavy atom. The van der Waals surface area contributed by atoms with Crippen LogP contribution in [-0.2, 0) is 22.4 Å². The first-order valence-electron chi connectivity index (χ1n) is 12.5. The van der Waals surface area contributed by atoms with Crippen molar-refractivity contribution in [2.75, 3.05) is 20.8 Å². The zero-order valence-electron chi connectivity index (χ0n) is 21.7. The molecule has 38 heavy (non-hydrogen) atoms. The number of rotatable bonds is 14. The summed E-state index contributed by atoms with van der Waals surface area (Å²) in [6.07, 6.45) is -0.800. The third kappa shape index (κ3) is 8.45. The van der Waals surface area contributed by atoms with Crippen LogP contribution in [-0.4, -0.2) is 55.6 Å². The molecule has 0 saturated carbocycles. The largest absolute Gasteiger partial charge is 0.497 e. The van der Waals surface area contributed by atoms with E-state index < -0.39 is 24.0 Å². The molecule has 0 aliphatic carbocycles. The fourth-order valence-corrected chi connectivity index (χ4v) is 4.04. The highest BCUT2D eigenvalue weighted by atomic mass is 16.5. The van der Waals surface area contributed by atoms with Crippen LogP contribution >= 0.6 is 0 Å². The molecule has 3 aromatic rings. The summed E-state index contributed by atoms with van der Waals surface area (Å²) in [4.78, 5) is 38.4. The van der Waals surface area contributed by atoms with E-state index >= 15 is 0 Å². The molecule has 0 aliphatic rings. The summed E-state index contributed by atoms with van der Waals surface area (Å²) in [6.45, 7) is 0.350. The third-order valence-electron chi connectivity index (χ3n) is 6.14. The van der Waals surface area contributed by atoms with Crippen LogP contribution in [0.1, 0.15) is 34.3 Å². The summed E-state index contributed by atoms with van der Waals surface area (Å²) in [5.41, 5.74) is 2.23. The lowest BCUT2D eigenvalue weighted by atomic mass is 9.99. The SMILES string of the molecule is COc1ccc(OC)c(C(=O)CCC(=O)N[C@@H](Cc2ccccc2)[C@@H](O)C(=O)NCCc2ccccc2)c1. The lowest BCUT2D eigenvalue weighted by Gasteiger charge is -2.24. The minimum atomic E-state index is -1.47. The second-order valence-electron chi connectivity index (χ2n) is 8.82. The quantitative estimate of drug-likeness (QED) is 0.283. The summed E-state index contributed by atoms with van der Waals surface area (Å²) in [6, 6.07) is 23.0. The number of aliphatic hydroxyl groups is 1. The Hall–Kier alpha value is -4.17. The summed E-state index contributed by atoms with van der Waals surface area (Å²) >= 11 is 0. The van der Waals surface area contributed by atoms with E-state index in [9.17, 15) is 19.5 Å². The van der Waals surface area contributed by atoms with E-state index in [1.807, 2.05) is 60.7 Å². The molecule has 0 aromatic heterocycles. The number of methoxy groups -OCH3 is 2. The molecule has 0 radical (unpaired) electrons. The van der Waals surface area contributed by atoms with E-state index in [-0.39, 0.29) is 25.0 Å². The first-order valence-corrected chi connectivity index (χ1v) is 12.5. The van der Waals surface area contributed by atoms with E-state index in [2.05, 4.69) is 10.6 Å². The number of carbonyl (C=O) groups excluding carboxylic acids is 3. The van der Waals surface area contributed by atoms with Gasteiger partial charge in [0, 0.05) is 19.4 Å². The molecular weight excluding hydrogens is 484 g/mol. The van der Waals surface area contributed by atoms with Gasteiger partial charge in [-0.1, -0.05) is 60.7 Å². The molecule has 3 aromatic carbocycles. The van der Waals surface area contributed by atoms with Crippen LogP contribution < -0.4 is 20.1 Å². The van der Waals surface area contributed by atoms with Gasteiger partial charge in [0.15, 0.2) is 11.9 Å². The van der Waals surface area contributed by atoms with Gasteiger partial charge in [-0.25, -0.2) is 0 Å². The molecule has 3 N–H and O–H groups in total. The Morgan fingerprint density at radius 3 is 2.13 bits per heavy atom. The molecule has 0 saturated heterocycles. The van der Waals surface area contributed by atoms with Crippen molar-refractivity contribution in [1.29, 1.82) is 0 Å². The maximum absolute atomic E-state index is 12.8. The number of ether oxygens (including phenoxy) is 2. The summed E-state index contributed by atoms with van der Waals surface area (Å²) in [5, 5.41) is 16.3. The van der Waals surface area contributed by atoms with E-state index in [1.54, 1.807) is 18.2 Å². The Balaban J connectivity index is 1.61. The number of amides is 2. The van der Waals surface area contributed by atoms with E-state index in [0.29, 0.717) is 30.0 Å². The monoisotopic (exact) mass is 518 g/mol. The Morgan fingerprint density at radius 1 is 0.842 bits per heavy atom. The van der Waals surface area contributed by atoms with Crippen LogP contribution in [0.25, 0.3) is 0 Å². The van der Waals surface area contributed by atoms with Crippen molar-refractivity contribution < 1.29 is 29.0 Å². The fourth-order valence-electron chi connectivity index (χ4n) is 4.04. The highest BCUT2D eigenvalue weighted by molar-refractivity contribution is 6.00. The van der Waals surface area contributed by atoms with Gasteiger partial charge in [0.05, 0.1) is 25.8 Å². The molecule has 0 unspecified atom stereocenters. The maximum atomic E-state index is 12.8. The highest BCUT2D eigenvalue weighted by Gasteiger charge is 2.28. The summed E-state index contributed by atoms with van der Waals surface area (Å²) in [7, 11) is 2.96. The van der Waals surface area contributed by atoms with Crippen LogP contribution in [0.4, 0.5) is 0 Å². The lowest BCUT2D eigenvalue weighted by molar-refractivity contribution is -0.132. The zero-order chi connectivity index (χ0) is 27.3. The predicted molar refractivity (Wildman–Crippen MR) is 144 cm³/mol. The molecule has 2 amide bonds. The Labute approximate surface area is 223 Å². The van der Waals surface area contributed by atoms with Gasteiger partial charge in [-0.05, 0) is 42.2 Å². The van der Waals surface area contributed by atoms with Crippen molar-refractivity contribution in [3.05, 3.63) is 95.6 Å². The number of nitrogens with one attached hydrogen (secondary N) is 2. The number of aliphatic hydroxyl groups excluding tert-OH is 1. The summed E-state index contributed by atoms with van der Waals surface area (Å²) < 4.78 is 10.5. The van der Waals surface area contributed by atoms with Gasteiger partial charge in [0.2, 0.25) is 5.91 Å². The molecule has 200 valence electrons. The first-order chi connectivity index (χ1) is 18.4. The minimum Gasteiger partial charge on any atom is -0.497 e. The molecule has 0 bridgehead atoms. The number of hydrogen-bond acceptors (Lipinski definition) is 6. The van der Waals surface area contributed by atoms with Gasteiger partial charge in [0.1, 0.15) is 11.5 Å². The summed E-state index contributed by atoms with van der Waals surface area (Å²) in [5.74, 6) is -0.407. The topological polar surface area (TPSA) is 114 Å². The number of benzene rings is 3. The molecule has 0 spiro atoms. The van der Waals surface area contributed by atoms with Crippen molar-refractivity contribution in [2.24, 2.45) is 0 Å². The van der Waals surface area contributed by atoms with Gasteiger partial charge < -0.3 is 25.2 Å². The third-order valence-corrected chi connectivity index (χ3v) is 6.14. The number of ketones is 1. The Kier molecular flexibility index (Phi) is 10.9. The van der Waals surface area contributed by atoms with Crippen LogP contribution in [0.3, 0.4) is 0 Å². The molecular formula is C30H34N2O6. The minimum absolute atomic E-state index is 0.0766. The first kappa shape index (κ1) is 28.4. The zero-order valence-corrected chi connectivity index (χ0v) is 21.7. The van der Waals surface area contributed by atoms with Crippen molar-refractivity contribution in [3.63, 3.8) is 0 Å². The fraction of sp³-hybridized carbons (Fsp3) is 0.300. The van der Waals surface area contributed by atoms with E-state index in [1.165, 1.54) is 14.2 Å². The van der Waals surface area contributed by atoms with Gasteiger partial charge in [-0.15, -0.1) is 0 Å². The molecule has 8 heteroatoms. The normalized spacial score (nSPS) is 12.2. The molecule has 0 heterocycles. The molecule has 2 atom stereocenters. The van der Waals surface area contributed by atoms with Gasteiger partial charge in [-0.2, -0.15) is 0 Å². The number of Topliss-reactive ketones (excluding diaryl/α,β-unsaturated/α-hetero) is 1. The Bertz CT molecular complexity index is 1200. The van der Waals surface area contributed by atoms with E-state index in [0.717, 1.165) is 11.1 Å². The number of hydrogen-bond donors (Lipinski definition) is 3. The highest BCUT2D eigenvalue weighted by Crippen LogP contribution is 2.25. The van der Waals surface area contributed by atoms with Gasteiger partial charge >= 0.3 is 0 Å². The molecule has 8 nitrogen and oxygen atoms in total. The van der Waals surface area contributed by atoms with Crippen LogP contribution in [0.5, 0.6) is 11.5 Å². The smallest absolute Gasteiger partial charge is 0.251 e. The molecule has 0 aliphatic heterocycles. The van der Waals surface area contributed by atoms with Crippen LogP contribution in [0.2, 0.25) is 0 Å². The van der Waals surface area contributed by atoms with Crippen molar-refractivity contribution in [2.45, 2.75) is 37.8 Å². The van der Waals surface area contributed by atoms with Crippen molar-refractivity contribution >= 4 is 17.6 Å². The second-order valence-corrected chi connectivity index (χ2v) is 8.82. The van der Waals surface area contributed by atoms with Crippen molar-refractivity contribution in [3.8, 4) is 11.5 Å². The average Bonchev–Trinajstić information content (AvgIpc) is 2.95. The lowest BCUT2D eigenvalue weighted by Crippen LogP contribution is -2.52. The maximum Gasteiger partial charge on any atom is 0.251 e. The second kappa shape index (κ2) is 14.5. The average molecular weight is 519 g/mol. The standard InChI is InChI=1S/C30H34N2O6/c1-37-23-13-15-27(38-2)24(20-23)26(33)14-16-28(34)32-25(19-22-11-7-4-8-12-22)29(35)30(36)31-18-17-21-9-5-3-6-10-21/h3-13,15,20,25,29,35H,14,16-19H2,1-2H3,(H,31,36)(H,32,34)/t25-,29+/m0/s1. The van der Waals surface area contributed by atoms with E-state index in [4.69, 9.17) is 9.47 Å². The molecule has 3 rings (SSSR count). The van der Waals surface area contributed by atoms with Crippen LogP contribution in [0.15, 0.2) is 78.9 Å². The molecule has 0 fully saturated rings. The van der Waals surface area contributed by atoms with Gasteiger partial charge in [-0.3, -0.25) is 14.4 Å². The van der Waals surface area contributed by atoms with Crippen molar-refractivity contribution in [1.82, 2.24) is 10.6 Å².